The number of halogens is 3. The van der Waals surface area contributed by atoms with Crippen molar-refractivity contribution in [2.45, 2.75) is 82.3 Å². The van der Waals surface area contributed by atoms with Gasteiger partial charge in [-0.15, -0.1) is 0 Å². The number of alkyl halides is 1. The molecule has 0 bridgehead atoms. The Bertz CT molecular complexity index is 1430. The van der Waals surface area contributed by atoms with Crippen LogP contribution in [0.2, 0.25) is 0 Å². The zero-order valence-electron chi connectivity index (χ0n) is 24.0. The molecule has 2 aromatic heterocycles. The van der Waals surface area contributed by atoms with Gasteiger partial charge in [-0.25, -0.2) is 13.2 Å². The molecule has 2 aliphatic heterocycles. The minimum Gasteiger partial charge on any atom is -0.474 e. The number of piperidine rings is 1. The third kappa shape index (κ3) is 6.34. The Hall–Kier alpha value is -3.76. The van der Waals surface area contributed by atoms with Gasteiger partial charge in [0.2, 0.25) is 17.6 Å². The van der Waals surface area contributed by atoms with Crippen molar-refractivity contribution in [3.8, 4) is 29.5 Å². The number of likely N-dealkylation sites (tertiary alicyclic amines) is 1. The standard InChI is InChI=1S/C29H34F3N7O3/c1-16(22-12-17(30)15-39(22)4)40-23-14-24(41-19-9-11-34-18(13-19)8-10-33)36-26(35-23)27-37-28(38-42-27)29(2,3)25-20(31)6-5-7-21(25)32/h5-7,14,16-19,22,34H,8-9,11-13,15H2,1-4H3/t16-,17-,18+,19-,22-/m0/s1. The zero-order valence-corrected chi connectivity index (χ0v) is 24.0. The van der Waals surface area contributed by atoms with Gasteiger partial charge in [-0.2, -0.15) is 20.2 Å². The van der Waals surface area contributed by atoms with Crippen molar-refractivity contribution in [3.05, 3.63) is 47.3 Å². The van der Waals surface area contributed by atoms with E-state index < -0.39 is 29.3 Å². The van der Waals surface area contributed by atoms with E-state index in [0.717, 1.165) is 0 Å². The van der Waals surface area contributed by atoms with Crippen LogP contribution in [-0.2, 0) is 5.41 Å². The minimum absolute atomic E-state index is 0.00291. The molecule has 224 valence electrons. The Kier molecular flexibility index (Phi) is 8.65. The number of hydrogen-bond donors (Lipinski definition) is 1. The Labute approximate surface area is 242 Å². The van der Waals surface area contributed by atoms with Crippen molar-refractivity contribution < 1.29 is 27.2 Å². The first kappa shape index (κ1) is 29.7. The molecule has 4 heterocycles. The number of hydrogen-bond acceptors (Lipinski definition) is 10. The van der Waals surface area contributed by atoms with Crippen LogP contribution in [0.5, 0.6) is 11.8 Å². The lowest BCUT2D eigenvalue weighted by Crippen LogP contribution is -2.42. The lowest BCUT2D eigenvalue weighted by Gasteiger charge is -2.29. The maximum absolute atomic E-state index is 14.6. The smallest absolute Gasteiger partial charge is 0.296 e. The van der Waals surface area contributed by atoms with Crippen molar-refractivity contribution in [3.63, 3.8) is 0 Å². The van der Waals surface area contributed by atoms with E-state index in [1.165, 1.54) is 18.2 Å². The fraction of sp³-hybridized carbons (Fsp3) is 0.552. The zero-order chi connectivity index (χ0) is 30.0. The molecule has 0 saturated carbocycles. The molecule has 2 aliphatic rings. The molecule has 0 aliphatic carbocycles. The minimum atomic E-state index is -1.28. The molecule has 0 unspecified atom stereocenters. The Morgan fingerprint density at radius 2 is 1.93 bits per heavy atom. The highest BCUT2D eigenvalue weighted by molar-refractivity contribution is 5.45. The van der Waals surface area contributed by atoms with Crippen molar-refractivity contribution in [1.82, 2.24) is 30.3 Å². The van der Waals surface area contributed by atoms with Crippen LogP contribution < -0.4 is 14.8 Å². The number of ether oxygens (including phenoxy) is 2. The molecule has 42 heavy (non-hydrogen) atoms. The Balaban J connectivity index is 1.45. The summed E-state index contributed by atoms with van der Waals surface area (Å²) in [6.07, 6.45) is 0.436. The van der Waals surface area contributed by atoms with E-state index in [9.17, 15) is 13.2 Å². The molecule has 3 aromatic rings. The van der Waals surface area contributed by atoms with Crippen molar-refractivity contribution in [2.24, 2.45) is 0 Å². The van der Waals surface area contributed by atoms with Gasteiger partial charge in [-0.05, 0) is 59.3 Å². The third-order valence-electron chi connectivity index (χ3n) is 7.91. The second-order valence-electron chi connectivity index (χ2n) is 11.5. The van der Waals surface area contributed by atoms with Crippen molar-refractivity contribution in [1.29, 1.82) is 5.26 Å². The average molecular weight is 586 g/mol. The van der Waals surface area contributed by atoms with E-state index in [-0.39, 0.29) is 53.1 Å². The van der Waals surface area contributed by atoms with E-state index in [4.69, 9.17) is 19.3 Å². The van der Waals surface area contributed by atoms with Gasteiger partial charge in [0, 0.05) is 30.6 Å². The second-order valence-corrected chi connectivity index (χ2v) is 11.5. The van der Waals surface area contributed by atoms with E-state index in [1.807, 2.05) is 18.9 Å². The fourth-order valence-corrected chi connectivity index (χ4v) is 5.69. The van der Waals surface area contributed by atoms with Crippen LogP contribution in [0.25, 0.3) is 11.7 Å². The normalized spacial score (nSPS) is 23.9. The summed E-state index contributed by atoms with van der Waals surface area (Å²) in [6.45, 7) is 6.03. The first-order valence-electron chi connectivity index (χ1n) is 14.0. The predicted octanol–water partition coefficient (Wildman–Crippen LogP) is 4.35. The van der Waals surface area contributed by atoms with Gasteiger partial charge in [-0.1, -0.05) is 11.2 Å². The molecule has 10 nitrogen and oxygen atoms in total. The van der Waals surface area contributed by atoms with Crippen molar-refractivity contribution >= 4 is 0 Å². The monoisotopic (exact) mass is 585 g/mol. The molecule has 0 spiro atoms. The number of nitrogens with one attached hydrogen (secondary N) is 1. The third-order valence-corrected chi connectivity index (χ3v) is 7.91. The summed E-state index contributed by atoms with van der Waals surface area (Å²) in [5.41, 5.74) is -1.47. The number of rotatable bonds is 9. The summed E-state index contributed by atoms with van der Waals surface area (Å²) in [5.74, 6) is -1.15. The topological polar surface area (TPSA) is 122 Å². The predicted molar refractivity (Wildman–Crippen MR) is 146 cm³/mol. The van der Waals surface area contributed by atoms with Gasteiger partial charge in [-0.3, -0.25) is 4.90 Å². The van der Waals surface area contributed by atoms with Gasteiger partial charge in [0.25, 0.3) is 5.89 Å². The van der Waals surface area contributed by atoms with Gasteiger partial charge in [0.1, 0.15) is 30.0 Å². The van der Waals surface area contributed by atoms with Crippen LogP contribution in [-0.4, -0.2) is 75.6 Å². The van der Waals surface area contributed by atoms with E-state index in [2.05, 4.69) is 31.5 Å². The molecule has 0 radical (unpaired) electrons. The SMILES string of the molecule is C[C@H](Oc1cc(O[C@H]2CCN[C@H](CC#N)C2)nc(-c2nc(C(C)(C)c3c(F)cccc3F)no2)n1)[C@@H]1C[C@H](F)CN1C. The molecule has 1 N–H and O–H groups in total. The van der Waals surface area contributed by atoms with E-state index in [0.29, 0.717) is 38.8 Å². The summed E-state index contributed by atoms with van der Waals surface area (Å²) < 4.78 is 61.2. The summed E-state index contributed by atoms with van der Waals surface area (Å²) in [7, 11) is 1.85. The highest BCUT2D eigenvalue weighted by Crippen LogP contribution is 2.35. The maximum Gasteiger partial charge on any atom is 0.296 e. The van der Waals surface area contributed by atoms with Gasteiger partial charge in [0.05, 0.1) is 24.0 Å². The molecule has 2 saturated heterocycles. The Morgan fingerprint density at radius 3 is 2.62 bits per heavy atom. The van der Waals surface area contributed by atoms with E-state index in [1.54, 1.807) is 19.9 Å². The average Bonchev–Trinajstić information content (AvgIpc) is 3.56. The van der Waals surface area contributed by atoms with Crippen LogP contribution >= 0.6 is 0 Å². The molecule has 2 fully saturated rings. The number of aromatic nitrogens is 4. The quantitative estimate of drug-likeness (QED) is 0.388. The first-order chi connectivity index (χ1) is 20.0. The molecule has 0 amide bonds. The van der Waals surface area contributed by atoms with Crippen LogP contribution in [0.4, 0.5) is 13.2 Å². The Morgan fingerprint density at radius 1 is 1.19 bits per heavy atom. The lowest BCUT2D eigenvalue weighted by atomic mass is 9.83. The summed E-state index contributed by atoms with van der Waals surface area (Å²) in [5, 5.41) is 16.4. The lowest BCUT2D eigenvalue weighted by molar-refractivity contribution is 0.113. The van der Waals surface area contributed by atoms with Gasteiger partial charge < -0.3 is 19.3 Å². The molecule has 5 rings (SSSR count). The maximum atomic E-state index is 14.6. The fourth-order valence-electron chi connectivity index (χ4n) is 5.69. The summed E-state index contributed by atoms with van der Waals surface area (Å²) in [6, 6.07) is 7.20. The molecule has 5 atom stereocenters. The van der Waals surface area contributed by atoms with Crippen LogP contribution in [0.15, 0.2) is 28.8 Å². The molecular formula is C29H34F3N7O3. The number of likely N-dealkylation sites (N-methyl/N-ethyl adjacent to an activating group) is 1. The molecule has 13 heteroatoms. The van der Waals surface area contributed by atoms with Crippen LogP contribution in [0, 0.1) is 23.0 Å². The van der Waals surface area contributed by atoms with Crippen LogP contribution in [0.3, 0.4) is 0 Å². The highest BCUT2D eigenvalue weighted by atomic mass is 19.1. The number of nitrogens with zero attached hydrogens (tertiary/aromatic N) is 6. The van der Waals surface area contributed by atoms with Crippen molar-refractivity contribution in [2.75, 3.05) is 20.1 Å². The second kappa shape index (κ2) is 12.2. The molecular weight excluding hydrogens is 551 g/mol. The molecule has 1 aromatic carbocycles. The van der Waals surface area contributed by atoms with Gasteiger partial charge >= 0.3 is 0 Å². The van der Waals surface area contributed by atoms with Gasteiger partial charge in [0.15, 0.2) is 5.82 Å². The first-order valence-corrected chi connectivity index (χ1v) is 14.0. The summed E-state index contributed by atoms with van der Waals surface area (Å²) in [4.78, 5) is 15.3. The van der Waals surface area contributed by atoms with E-state index >= 15 is 0 Å². The number of nitriles is 1. The highest BCUT2D eigenvalue weighted by Gasteiger charge is 2.36. The number of benzene rings is 1. The van der Waals surface area contributed by atoms with Crippen LogP contribution in [0.1, 0.15) is 57.8 Å². The largest absolute Gasteiger partial charge is 0.474 e. The summed E-state index contributed by atoms with van der Waals surface area (Å²) >= 11 is 0.